The van der Waals surface area contributed by atoms with Gasteiger partial charge in [0.2, 0.25) is 0 Å². The van der Waals surface area contributed by atoms with Gasteiger partial charge in [-0.1, -0.05) is 143 Å². The van der Waals surface area contributed by atoms with Gasteiger partial charge in [0.05, 0.1) is 47.8 Å². The van der Waals surface area contributed by atoms with Crippen LogP contribution >= 0.6 is 0 Å². The fraction of sp³-hybridized carbons (Fsp3) is 0.967. The predicted octanol–water partition coefficient (Wildman–Crippen LogP) is 18.9. The quantitative estimate of drug-likeness (QED) is 0.249. The van der Waals surface area contributed by atoms with Crippen LogP contribution in [0.15, 0.2) is 11.6 Å². The average molecular weight is 918 g/mol. The van der Waals surface area contributed by atoms with Gasteiger partial charge in [0.1, 0.15) is 0 Å². The smallest absolute Gasteiger partial charge is 0.0602 e. The highest BCUT2D eigenvalue weighted by Gasteiger charge is 2.64. The average Bonchev–Trinajstić information content (AvgIpc) is 3.19. The second-order valence-electron chi connectivity index (χ2n) is 32.4. The molecule has 4 fully saturated rings. The molecule has 0 aromatic heterocycles. The van der Waals surface area contributed by atoms with E-state index in [1.54, 1.807) is 5.57 Å². The van der Waals surface area contributed by atoms with Crippen molar-refractivity contribution < 1.29 is 18.9 Å². The van der Waals surface area contributed by atoms with Crippen LogP contribution in [0.25, 0.3) is 0 Å². The van der Waals surface area contributed by atoms with Crippen molar-refractivity contribution in [3.63, 3.8) is 0 Å². The first-order valence-electron chi connectivity index (χ1n) is 26.6. The molecule has 0 N–H and O–H groups in total. The summed E-state index contributed by atoms with van der Waals surface area (Å²) in [6.45, 7) is 72.1. The lowest BCUT2D eigenvalue weighted by atomic mass is 9.64. The summed E-state index contributed by atoms with van der Waals surface area (Å²) in [7, 11) is 0. The van der Waals surface area contributed by atoms with Crippen LogP contribution in [-0.2, 0) is 18.9 Å². The number of hydrogen-bond donors (Lipinski definition) is 0. The highest BCUT2D eigenvalue weighted by molar-refractivity contribution is 5.23. The highest BCUT2D eigenvalue weighted by atomic mass is 16.5. The van der Waals surface area contributed by atoms with Crippen molar-refractivity contribution in [3.8, 4) is 0 Å². The van der Waals surface area contributed by atoms with Gasteiger partial charge in [-0.05, 0) is 201 Å². The number of allylic oxidation sites excluding steroid dienone is 2. The molecule has 0 spiro atoms. The summed E-state index contributed by atoms with van der Waals surface area (Å²) >= 11 is 0. The van der Waals surface area contributed by atoms with E-state index < -0.39 is 0 Å². The lowest BCUT2D eigenvalue weighted by Gasteiger charge is -2.46. The minimum absolute atomic E-state index is 0.00116. The first-order valence-corrected chi connectivity index (χ1v) is 26.6. The van der Waals surface area contributed by atoms with Crippen LogP contribution in [0.3, 0.4) is 0 Å². The summed E-state index contributed by atoms with van der Waals surface area (Å²) in [5.41, 5.74) is 5.69. The molecule has 0 heterocycles. The van der Waals surface area contributed by atoms with Crippen LogP contribution in [0, 0.1) is 60.6 Å². The van der Waals surface area contributed by atoms with E-state index in [-0.39, 0.29) is 22.4 Å². The SMILES string of the molecule is CC(C)(C)C1=CCCC1(C)C.CC(C)(C)OC1CC(C)(C)C(C)(C)C1.CC(C)(C)OCC1C(C)(C)C1(C)C.CC1(C)CC(COC(C)(C)C)C1.CC1(C)CC(OC(C)(C)C)CC(C)(C)C1. The Bertz CT molecular complexity index is 1420. The van der Waals surface area contributed by atoms with Gasteiger partial charge in [-0.2, -0.15) is 0 Å². The van der Waals surface area contributed by atoms with Gasteiger partial charge in [0, 0.05) is 0 Å². The maximum Gasteiger partial charge on any atom is 0.0602 e. The number of rotatable bonds is 6. The van der Waals surface area contributed by atoms with E-state index in [1.165, 1.54) is 57.8 Å². The maximum atomic E-state index is 6.15. The minimum atomic E-state index is -0.00579. The zero-order chi connectivity index (χ0) is 51.7. The molecule has 0 aromatic carbocycles. The molecule has 65 heavy (non-hydrogen) atoms. The Morgan fingerprint density at radius 1 is 0.446 bits per heavy atom. The van der Waals surface area contributed by atoms with E-state index in [9.17, 15) is 0 Å². The van der Waals surface area contributed by atoms with Gasteiger partial charge in [0.25, 0.3) is 0 Å². The molecule has 5 rings (SSSR count). The molecule has 0 atom stereocenters. The van der Waals surface area contributed by atoms with Crippen LogP contribution < -0.4 is 0 Å². The highest BCUT2D eigenvalue weighted by Crippen LogP contribution is 2.68. The standard InChI is InChI=1S/C14H28O.C13H26O.C12H24O.C11H22O.C11H20/c1-12(2,3)15-11-8-13(4,5)10-14(6,7)9-11;1-11(2,3)14-10-8-12(4,5)13(6,7)9-10;1-10(2,3)13-8-9-11(4,5)12(9,6)7;1-10(2,3)12-8-9-6-11(4,5)7-9;1-10(2,3)9-7-6-8-11(9,4)5/h11H,8-10H2,1-7H3;10H,8-9H2,1-7H3;9H,8H2,1-7H3;9H,6-8H2,1-5H3;7H,6,8H2,1-5H3. The molecule has 5 aliphatic carbocycles. The number of ether oxygens (including phenoxy) is 4. The first kappa shape index (κ1) is 62.6. The van der Waals surface area contributed by atoms with Gasteiger partial charge < -0.3 is 18.9 Å². The van der Waals surface area contributed by atoms with Crippen molar-refractivity contribution in [2.75, 3.05) is 13.2 Å². The van der Waals surface area contributed by atoms with Gasteiger partial charge in [-0.25, -0.2) is 0 Å². The summed E-state index contributed by atoms with van der Waals surface area (Å²) in [5, 5.41) is 0. The van der Waals surface area contributed by atoms with Gasteiger partial charge in [-0.15, -0.1) is 0 Å². The first-order chi connectivity index (χ1) is 28.2. The lowest BCUT2D eigenvalue weighted by molar-refractivity contribution is -0.115. The Morgan fingerprint density at radius 3 is 1.06 bits per heavy atom. The molecule has 0 aromatic rings. The summed E-state index contributed by atoms with van der Waals surface area (Å²) in [6.07, 6.45) is 14.7. The molecule has 5 aliphatic rings. The van der Waals surface area contributed by atoms with Crippen molar-refractivity contribution in [1.29, 1.82) is 0 Å². The van der Waals surface area contributed by atoms with E-state index in [2.05, 4.69) is 221 Å². The normalized spacial score (nSPS) is 25.5. The molecule has 388 valence electrons. The predicted molar refractivity (Wildman–Crippen MR) is 287 cm³/mol. The van der Waals surface area contributed by atoms with Gasteiger partial charge in [0.15, 0.2) is 0 Å². The van der Waals surface area contributed by atoms with E-state index in [1.807, 2.05) is 0 Å². The minimum Gasteiger partial charge on any atom is -0.376 e. The Labute approximate surface area is 409 Å². The Morgan fingerprint density at radius 2 is 0.800 bits per heavy atom. The Hall–Kier alpha value is -0.420. The molecule has 0 bridgehead atoms. The maximum absolute atomic E-state index is 6.15. The van der Waals surface area contributed by atoms with E-state index >= 15 is 0 Å². The molecular weight excluding hydrogens is 797 g/mol. The zero-order valence-corrected chi connectivity index (χ0v) is 50.3. The molecule has 0 aliphatic heterocycles. The van der Waals surface area contributed by atoms with Crippen molar-refractivity contribution in [2.24, 2.45) is 60.6 Å². The summed E-state index contributed by atoms with van der Waals surface area (Å²) < 4.78 is 23.8. The summed E-state index contributed by atoms with van der Waals surface area (Å²) in [6, 6.07) is 0. The van der Waals surface area contributed by atoms with Crippen molar-refractivity contribution in [3.05, 3.63) is 11.6 Å². The van der Waals surface area contributed by atoms with Crippen molar-refractivity contribution in [1.82, 2.24) is 0 Å². The number of hydrogen-bond acceptors (Lipinski definition) is 4. The fourth-order valence-corrected chi connectivity index (χ4v) is 12.1. The topological polar surface area (TPSA) is 36.9 Å². The molecule has 0 saturated heterocycles. The fourth-order valence-electron chi connectivity index (χ4n) is 12.1. The molecule has 0 amide bonds. The molecular formula is C61H120O4. The summed E-state index contributed by atoms with van der Waals surface area (Å²) in [4.78, 5) is 0. The molecule has 4 saturated carbocycles. The summed E-state index contributed by atoms with van der Waals surface area (Å²) in [5.74, 6) is 1.54. The monoisotopic (exact) mass is 917 g/mol. The molecule has 4 heteroatoms. The molecule has 0 radical (unpaired) electrons. The third-order valence-electron chi connectivity index (χ3n) is 16.0. The molecule has 4 nitrogen and oxygen atoms in total. The second kappa shape index (κ2) is 21.1. The van der Waals surface area contributed by atoms with E-state index in [0.29, 0.717) is 60.9 Å². The Kier molecular flexibility index (Phi) is 20.3. The van der Waals surface area contributed by atoms with Crippen LogP contribution in [0.5, 0.6) is 0 Å². The molecule has 0 unspecified atom stereocenters. The Balaban J connectivity index is 0.000000408. The third-order valence-corrected chi connectivity index (χ3v) is 16.0. The van der Waals surface area contributed by atoms with Crippen LogP contribution in [0.4, 0.5) is 0 Å². The lowest BCUT2D eigenvalue weighted by Crippen LogP contribution is -2.41. The van der Waals surface area contributed by atoms with Crippen molar-refractivity contribution in [2.45, 2.75) is 307 Å². The van der Waals surface area contributed by atoms with E-state index in [4.69, 9.17) is 18.9 Å². The van der Waals surface area contributed by atoms with Crippen LogP contribution in [0.2, 0.25) is 0 Å². The van der Waals surface area contributed by atoms with E-state index in [0.717, 1.165) is 25.0 Å². The second-order valence-corrected chi connectivity index (χ2v) is 32.4. The van der Waals surface area contributed by atoms with Crippen molar-refractivity contribution >= 4 is 0 Å². The van der Waals surface area contributed by atoms with Crippen LogP contribution in [0.1, 0.15) is 272 Å². The van der Waals surface area contributed by atoms with Crippen LogP contribution in [-0.4, -0.2) is 47.8 Å². The third kappa shape index (κ3) is 22.0. The largest absolute Gasteiger partial charge is 0.376 e. The van der Waals surface area contributed by atoms with Gasteiger partial charge in [-0.3, -0.25) is 0 Å². The van der Waals surface area contributed by atoms with Gasteiger partial charge >= 0.3 is 0 Å². The zero-order valence-electron chi connectivity index (χ0n) is 50.3.